The Kier molecular flexibility index (Phi) is 4.68. The van der Waals surface area contributed by atoms with E-state index in [0.717, 1.165) is 11.1 Å². The number of hydrogen-bond donors (Lipinski definition) is 2. The van der Waals surface area contributed by atoms with Crippen molar-refractivity contribution in [3.8, 4) is 5.75 Å². The van der Waals surface area contributed by atoms with Gasteiger partial charge in [0.05, 0.1) is 12.8 Å². The minimum Gasteiger partial charge on any atom is -0.495 e. The largest absolute Gasteiger partial charge is 0.495 e. The van der Waals surface area contributed by atoms with Crippen molar-refractivity contribution in [2.75, 3.05) is 19.4 Å². The molecule has 7 nitrogen and oxygen atoms in total. The highest BCUT2D eigenvalue weighted by Crippen LogP contribution is 2.31. The van der Waals surface area contributed by atoms with Crippen molar-refractivity contribution in [1.82, 2.24) is 10.2 Å². The van der Waals surface area contributed by atoms with Crippen molar-refractivity contribution in [3.05, 3.63) is 23.3 Å². The molecule has 0 aromatic heterocycles. The van der Waals surface area contributed by atoms with Crippen LogP contribution in [0.5, 0.6) is 5.75 Å². The second-order valence-electron chi connectivity index (χ2n) is 6.47. The summed E-state index contributed by atoms with van der Waals surface area (Å²) in [5.74, 6) is 0.425. The van der Waals surface area contributed by atoms with E-state index in [1.165, 1.54) is 0 Å². The third-order valence-electron chi connectivity index (χ3n) is 3.41. The molecule has 0 saturated carbocycles. The number of anilines is 1. The first-order chi connectivity index (χ1) is 10.7. The number of benzene rings is 1. The van der Waals surface area contributed by atoms with E-state index in [9.17, 15) is 9.59 Å². The Labute approximate surface area is 135 Å². The normalized spacial score (nSPS) is 13.5. The van der Waals surface area contributed by atoms with Crippen LogP contribution in [0.3, 0.4) is 0 Å². The molecule has 23 heavy (non-hydrogen) atoms. The maximum absolute atomic E-state index is 12.2. The number of rotatable bonds is 3. The van der Waals surface area contributed by atoms with E-state index in [1.807, 2.05) is 12.1 Å². The smallest absolute Gasteiger partial charge is 0.408 e. The van der Waals surface area contributed by atoms with E-state index in [0.29, 0.717) is 24.5 Å². The molecule has 0 saturated heterocycles. The van der Waals surface area contributed by atoms with Crippen LogP contribution >= 0.6 is 0 Å². The highest BCUT2D eigenvalue weighted by Gasteiger charge is 2.25. The quantitative estimate of drug-likeness (QED) is 0.826. The molecule has 1 heterocycles. The molecule has 1 aromatic rings. The van der Waals surface area contributed by atoms with Crippen LogP contribution in [0.2, 0.25) is 0 Å². The van der Waals surface area contributed by atoms with Crippen LogP contribution in [0.1, 0.15) is 31.9 Å². The second kappa shape index (κ2) is 6.36. The van der Waals surface area contributed by atoms with E-state index in [2.05, 4.69) is 5.32 Å². The van der Waals surface area contributed by atoms with Crippen molar-refractivity contribution in [1.29, 1.82) is 0 Å². The van der Waals surface area contributed by atoms with Gasteiger partial charge in [0.15, 0.2) is 0 Å². The molecular formula is C16H23N3O4. The van der Waals surface area contributed by atoms with Crippen LogP contribution < -0.4 is 15.8 Å². The molecule has 0 bridgehead atoms. The molecule has 126 valence electrons. The summed E-state index contributed by atoms with van der Waals surface area (Å²) in [6.07, 6.45) is -0.603. The van der Waals surface area contributed by atoms with Gasteiger partial charge < -0.3 is 25.4 Å². The van der Waals surface area contributed by atoms with E-state index in [1.54, 1.807) is 32.8 Å². The average molecular weight is 321 g/mol. The van der Waals surface area contributed by atoms with Gasteiger partial charge in [0, 0.05) is 13.1 Å². The predicted molar refractivity (Wildman–Crippen MR) is 85.9 cm³/mol. The third kappa shape index (κ3) is 4.28. The summed E-state index contributed by atoms with van der Waals surface area (Å²) in [5, 5.41) is 2.47. The number of hydrogen-bond acceptors (Lipinski definition) is 5. The van der Waals surface area contributed by atoms with Crippen LogP contribution in [0.25, 0.3) is 0 Å². The number of nitrogen functional groups attached to an aromatic ring is 1. The average Bonchev–Trinajstić information content (AvgIpc) is 2.84. The molecule has 0 fully saturated rings. The summed E-state index contributed by atoms with van der Waals surface area (Å²) < 4.78 is 10.3. The van der Waals surface area contributed by atoms with Crippen molar-refractivity contribution >= 4 is 17.7 Å². The van der Waals surface area contributed by atoms with E-state index in [4.69, 9.17) is 15.2 Å². The van der Waals surface area contributed by atoms with Crippen LogP contribution in [-0.2, 0) is 22.6 Å². The topological polar surface area (TPSA) is 93.9 Å². The van der Waals surface area contributed by atoms with Crippen molar-refractivity contribution in [2.45, 2.75) is 39.5 Å². The summed E-state index contributed by atoms with van der Waals surface area (Å²) >= 11 is 0. The van der Waals surface area contributed by atoms with Gasteiger partial charge >= 0.3 is 6.09 Å². The number of fused-ring (bicyclic) bond motifs is 1. The first-order valence-corrected chi connectivity index (χ1v) is 7.39. The highest BCUT2D eigenvalue weighted by atomic mass is 16.6. The van der Waals surface area contributed by atoms with Gasteiger partial charge in [-0.1, -0.05) is 0 Å². The summed E-state index contributed by atoms with van der Waals surface area (Å²) in [5.41, 5.74) is 7.83. The monoisotopic (exact) mass is 321 g/mol. The molecule has 2 rings (SSSR count). The number of ether oxygens (including phenoxy) is 2. The Morgan fingerprint density at radius 1 is 1.26 bits per heavy atom. The summed E-state index contributed by atoms with van der Waals surface area (Å²) in [4.78, 5) is 25.5. The zero-order chi connectivity index (χ0) is 17.2. The lowest BCUT2D eigenvalue weighted by Gasteiger charge is -2.20. The van der Waals surface area contributed by atoms with Gasteiger partial charge in [-0.15, -0.1) is 0 Å². The van der Waals surface area contributed by atoms with Gasteiger partial charge in [0.25, 0.3) is 0 Å². The second-order valence-corrected chi connectivity index (χ2v) is 6.47. The van der Waals surface area contributed by atoms with Crippen molar-refractivity contribution in [3.63, 3.8) is 0 Å². The van der Waals surface area contributed by atoms with Crippen LogP contribution in [0.4, 0.5) is 10.5 Å². The third-order valence-corrected chi connectivity index (χ3v) is 3.41. The minimum absolute atomic E-state index is 0.102. The summed E-state index contributed by atoms with van der Waals surface area (Å²) in [6.45, 7) is 6.14. The molecule has 0 spiro atoms. The first-order valence-electron chi connectivity index (χ1n) is 7.39. The Bertz CT molecular complexity index is 622. The van der Waals surface area contributed by atoms with E-state index in [-0.39, 0.29) is 12.5 Å². The number of amides is 2. The predicted octanol–water partition coefficient (Wildman–Crippen LogP) is 1.64. The fourth-order valence-electron chi connectivity index (χ4n) is 2.37. The number of methoxy groups -OCH3 is 1. The molecule has 0 unspecified atom stereocenters. The lowest BCUT2D eigenvalue weighted by molar-refractivity contribution is -0.130. The van der Waals surface area contributed by atoms with Gasteiger partial charge in [0.1, 0.15) is 17.9 Å². The molecule has 7 heteroatoms. The zero-order valence-electron chi connectivity index (χ0n) is 13.9. The Morgan fingerprint density at radius 2 is 1.87 bits per heavy atom. The molecule has 0 atom stereocenters. The Balaban J connectivity index is 1.92. The van der Waals surface area contributed by atoms with Gasteiger partial charge in [-0.25, -0.2) is 4.79 Å². The van der Waals surface area contributed by atoms with Gasteiger partial charge in [0.2, 0.25) is 5.91 Å². The molecule has 0 radical (unpaired) electrons. The molecule has 1 aliphatic rings. The van der Waals surface area contributed by atoms with E-state index < -0.39 is 11.7 Å². The minimum atomic E-state index is -0.603. The zero-order valence-corrected chi connectivity index (χ0v) is 13.9. The number of alkyl carbamates (subject to hydrolysis) is 1. The molecule has 1 aromatic carbocycles. The lowest BCUT2D eigenvalue weighted by atomic mass is 10.1. The van der Waals surface area contributed by atoms with Crippen molar-refractivity contribution < 1.29 is 19.1 Å². The molecular weight excluding hydrogens is 298 g/mol. The standard InChI is InChI=1S/C16H23N3O4/c1-16(2,3)23-15(21)18-7-14(20)19-8-10-5-12(17)13(22-4)6-11(10)9-19/h5-6H,7-9,17H2,1-4H3,(H,18,21). The van der Waals surface area contributed by atoms with E-state index >= 15 is 0 Å². The highest BCUT2D eigenvalue weighted by molar-refractivity contribution is 5.83. The number of nitrogens with two attached hydrogens (primary N) is 1. The fraction of sp³-hybridized carbons (Fsp3) is 0.500. The SMILES string of the molecule is COc1cc2c(cc1N)CN(C(=O)CNC(=O)OC(C)(C)C)C2. The first kappa shape index (κ1) is 16.9. The molecule has 1 aliphatic heterocycles. The summed E-state index contributed by atoms with van der Waals surface area (Å²) in [7, 11) is 1.56. The fourth-order valence-corrected chi connectivity index (χ4v) is 2.37. The van der Waals surface area contributed by atoms with Gasteiger partial charge in [-0.3, -0.25) is 4.79 Å². The van der Waals surface area contributed by atoms with Gasteiger partial charge in [-0.05, 0) is 44.0 Å². The molecule has 0 aliphatic carbocycles. The lowest BCUT2D eigenvalue weighted by Crippen LogP contribution is -2.40. The number of nitrogens with zero attached hydrogens (tertiary/aromatic N) is 1. The van der Waals surface area contributed by atoms with Crippen LogP contribution in [-0.4, -0.2) is 36.2 Å². The summed E-state index contributed by atoms with van der Waals surface area (Å²) in [6, 6.07) is 3.67. The Hall–Kier alpha value is -2.44. The number of nitrogens with one attached hydrogen (secondary N) is 1. The van der Waals surface area contributed by atoms with Crippen molar-refractivity contribution in [2.24, 2.45) is 0 Å². The maximum Gasteiger partial charge on any atom is 0.408 e. The Morgan fingerprint density at radius 3 is 2.43 bits per heavy atom. The maximum atomic E-state index is 12.2. The number of carbonyl (C=O) groups excluding carboxylic acids is 2. The number of carbonyl (C=O) groups is 2. The van der Waals surface area contributed by atoms with Crippen LogP contribution in [0.15, 0.2) is 12.1 Å². The van der Waals surface area contributed by atoms with Gasteiger partial charge in [-0.2, -0.15) is 0 Å². The molecule has 3 N–H and O–H groups in total. The van der Waals surface area contributed by atoms with Crippen LogP contribution in [0, 0.1) is 0 Å². The molecule has 2 amide bonds.